The molecule has 5 heteroatoms. The number of aromatic nitrogens is 2. The molecule has 0 saturated heterocycles. The second kappa shape index (κ2) is 6.97. The summed E-state index contributed by atoms with van der Waals surface area (Å²) in [5.41, 5.74) is 3.93. The van der Waals surface area contributed by atoms with Gasteiger partial charge in [-0.2, -0.15) is 13.2 Å². The monoisotopic (exact) mass is 398 g/mol. The van der Waals surface area contributed by atoms with Crippen molar-refractivity contribution in [3.63, 3.8) is 0 Å². The fraction of sp³-hybridized carbons (Fsp3) is 0.333. The van der Waals surface area contributed by atoms with Crippen LogP contribution in [-0.2, 0) is 12.6 Å². The van der Waals surface area contributed by atoms with Crippen LogP contribution < -0.4 is 0 Å². The molecule has 4 rings (SSSR count). The molecule has 0 spiro atoms. The van der Waals surface area contributed by atoms with Crippen LogP contribution in [0.5, 0.6) is 0 Å². The van der Waals surface area contributed by atoms with Gasteiger partial charge in [-0.3, -0.25) is 0 Å². The first kappa shape index (κ1) is 19.6. The van der Waals surface area contributed by atoms with Crippen molar-refractivity contribution in [3.8, 4) is 0 Å². The molecule has 29 heavy (non-hydrogen) atoms. The topological polar surface area (TPSA) is 9.86 Å². The van der Waals surface area contributed by atoms with Crippen molar-refractivity contribution in [2.45, 2.75) is 52.4 Å². The summed E-state index contributed by atoms with van der Waals surface area (Å²) in [5.74, 6) is 0. The minimum atomic E-state index is -4.32. The van der Waals surface area contributed by atoms with E-state index in [9.17, 15) is 13.2 Å². The molecule has 2 aromatic carbocycles. The summed E-state index contributed by atoms with van der Waals surface area (Å²) < 4.78 is 43.4. The Bertz CT molecular complexity index is 1180. The third kappa shape index (κ3) is 3.54. The molecule has 0 bridgehead atoms. The van der Waals surface area contributed by atoms with E-state index in [-0.39, 0.29) is 6.04 Å². The highest BCUT2D eigenvalue weighted by molar-refractivity contribution is 5.85. The average molecular weight is 398 g/mol. The number of hydrogen-bond donors (Lipinski definition) is 0. The predicted octanol–water partition coefficient (Wildman–Crippen LogP) is 7.31. The van der Waals surface area contributed by atoms with Crippen molar-refractivity contribution in [1.29, 1.82) is 0 Å². The molecule has 0 fully saturated rings. The molecule has 2 heterocycles. The van der Waals surface area contributed by atoms with E-state index in [1.165, 1.54) is 34.2 Å². The summed E-state index contributed by atoms with van der Waals surface area (Å²) in [6.07, 6.45) is 0.601. The third-order valence-electron chi connectivity index (χ3n) is 5.67. The van der Waals surface area contributed by atoms with Gasteiger partial charge >= 0.3 is 6.18 Å². The van der Waals surface area contributed by atoms with Gasteiger partial charge in [0.1, 0.15) is 0 Å². The van der Waals surface area contributed by atoms with Gasteiger partial charge in [0, 0.05) is 46.3 Å². The quantitative estimate of drug-likeness (QED) is 0.341. The van der Waals surface area contributed by atoms with Crippen LogP contribution in [0.4, 0.5) is 13.2 Å². The number of benzene rings is 2. The van der Waals surface area contributed by atoms with Crippen molar-refractivity contribution >= 4 is 21.8 Å². The van der Waals surface area contributed by atoms with Crippen molar-refractivity contribution < 1.29 is 13.2 Å². The first-order valence-electron chi connectivity index (χ1n) is 9.93. The maximum absolute atomic E-state index is 13.0. The van der Waals surface area contributed by atoms with Gasteiger partial charge in [-0.25, -0.2) is 0 Å². The van der Waals surface area contributed by atoms with Crippen LogP contribution in [0.2, 0.25) is 0 Å². The highest BCUT2D eigenvalue weighted by Gasteiger charge is 2.30. The van der Waals surface area contributed by atoms with Gasteiger partial charge in [0.2, 0.25) is 0 Å². The van der Waals surface area contributed by atoms with Crippen LogP contribution in [0.3, 0.4) is 0 Å². The summed E-state index contributed by atoms with van der Waals surface area (Å²) in [5, 5.41) is 1.87. The lowest BCUT2D eigenvalue weighted by Gasteiger charge is -2.16. The maximum Gasteiger partial charge on any atom is 0.416 e. The van der Waals surface area contributed by atoms with E-state index in [1.807, 2.05) is 6.20 Å². The first-order chi connectivity index (χ1) is 13.6. The van der Waals surface area contributed by atoms with E-state index in [4.69, 9.17) is 0 Å². The average Bonchev–Trinajstić information content (AvgIpc) is 3.22. The van der Waals surface area contributed by atoms with Gasteiger partial charge in [-0.15, -0.1) is 0 Å². The van der Waals surface area contributed by atoms with Crippen LogP contribution >= 0.6 is 0 Å². The Morgan fingerprint density at radius 3 is 2.31 bits per heavy atom. The standard InChI is InChI=1S/C24H25F3N2/c1-15(2)29-14-19(21-11-16(3)5-7-23(21)29)12-17(4)28-10-9-18-13-20(24(25,26)27)6-8-22(18)28/h5-11,13-15,17H,12H2,1-4H3. The fourth-order valence-electron chi connectivity index (χ4n) is 4.17. The Kier molecular flexibility index (Phi) is 4.72. The molecule has 1 unspecified atom stereocenters. The Labute approximate surface area is 168 Å². The Balaban J connectivity index is 1.71. The second-order valence-corrected chi connectivity index (χ2v) is 8.22. The van der Waals surface area contributed by atoms with Gasteiger partial charge in [-0.05, 0) is 76.1 Å². The van der Waals surface area contributed by atoms with Gasteiger partial charge in [0.05, 0.1) is 5.56 Å². The molecule has 2 nitrogen and oxygen atoms in total. The summed E-state index contributed by atoms with van der Waals surface area (Å²) in [4.78, 5) is 0. The molecule has 4 aromatic rings. The fourth-order valence-corrected chi connectivity index (χ4v) is 4.17. The summed E-state index contributed by atoms with van der Waals surface area (Å²) in [6, 6.07) is 12.7. The number of alkyl halides is 3. The first-order valence-corrected chi connectivity index (χ1v) is 9.93. The van der Waals surface area contributed by atoms with Crippen molar-refractivity contribution in [3.05, 3.63) is 71.5 Å². The van der Waals surface area contributed by atoms with E-state index >= 15 is 0 Å². The van der Waals surface area contributed by atoms with Crippen molar-refractivity contribution in [2.75, 3.05) is 0 Å². The molecule has 0 aliphatic rings. The number of nitrogens with zero attached hydrogens (tertiary/aromatic N) is 2. The lowest BCUT2D eigenvalue weighted by Crippen LogP contribution is -2.08. The Morgan fingerprint density at radius 2 is 1.62 bits per heavy atom. The van der Waals surface area contributed by atoms with Gasteiger partial charge < -0.3 is 9.13 Å². The number of halogens is 3. The van der Waals surface area contributed by atoms with E-state index in [2.05, 4.69) is 61.2 Å². The summed E-state index contributed by atoms with van der Waals surface area (Å²) in [7, 11) is 0. The van der Waals surface area contributed by atoms with Crippen LogP contribution in [0, 0.1) is 6.92 Å². The highest BCUT2D eigenvalue weighted by Crippen LogP contribution is 2.34. The van der Waals surface area contributed by atoms with E-state index in [0.717, 1.165) is 11.9 Å². The molecule has 0 amide bonds. The zero-order valence-corrected chi connectivity index (χ0v) is 17.1. The minimum Gasteiger partial charge on any atom is -0.345 e. The SMILES string of the molecule is Cc1ccc2c(c1)c(CC(C)n1ccc3cc(C(F)(F)F)ccc31)cn2C(C)C. The normalized spacial score (nSPS) is 13.7. The van der Waals surface area contributed by atoms with E-state index < -0.39 is 11.7 Å². The molecule has 0 saturated carbocycles. The van der Waals surface area contributed by atoms with Crippen molar-refractivity contribution in [1.82, 2.24) is 9.13 Å². The zero-order valence-electron chi connectivity index (χ0n) is 17.1. The number of rotatable bonds is 4. The number of aryl methyl sites for hydroxylation is 1. The lowest BCUT2D eigenvalue weighted by molar-refractivity contribution is -0.137. The van der Waals surface area contributed by atoms with Crippen LogP contribution in [0.15, 0.2) is 54.9 Å². The largest absolute Gasteiger partial charge is 0.416 e. The summed E-state index contributed by atoms with van der Waals surface area (Å²) in [6.45, 7) is 8.55. The van der Waals surface area contributed by atoms with Crippen LogP contribution in [-0.4, -0.2) is 9.13 Å². The van der Waals surface area contributed by atoms with E-state index in [0.29, 0.717) is 11.4 Å². The third-order valence-corrected chi connectivity index (χ3v) is 5.67. The summed E-state index contributed by atoms with van der Waals surface area (Å²) >= 11 is 0. The molecule has 0 N–H and O–H groups in total. The molecule has 0 aliphatic carbocycles. The van der Waals surface area contributed by atoms with Crippen LogP contribution in [0.1, 0.15) is 49.5 Å². The second-order valence-electron chi connectivity index (χ2n) is 8.22. The maximum atomic E-state index is 13.0. The smallest absolute Gasteiger partial charge is 0.345 e. The highest BCUT2D eigenvalue weighted by atomic mass is 19.4. The van der Waals surface area contributed by atoms with Gasteiger partial charge in [0.25, 0.3) is 0 Å². The molecule has 0 aliphatic heterocycles. The van der Waals surface area contributed by atoms with Crippen molar-refractivity contribution in [2.24, 2.45) is 0 Å². The minimum absolute atomic E-state index is 0.121. The van der Waals surface area contributed by atoms with Gasteiger partial charge in [-0.1, -0.05) is 11.6 Å². The molecule has 1 atom stereocenters. The number of hydrogen-bond acceptors (Lipinski definition) is 0. The lowest BCUT2D eigenvalue weighted by atomic mass is 10.0. The molecule has 152 valence electrons. The Hall–Kier alpha value is -2.69. The predicted molar refractivity (Wildman–Crippen MR) is 112 cm³/mol. The van der Waals surface area contributed by atoms with Crippen LogP contribution in [0.25, 0.3) is 21.8 Å². The number of fused-ring (bicyclic) bond motifs is 2. The molecule has 2 aromatic heterocycles. The molecular formula is C24H25F3N2. The zero-order chi connectivity index (χ0) is 20.9. The van der Waals surface area contributed by atoms with Gasteiger partial charge in [0.15, 0.2) is 0 Å². The molecule has 0 radical (unpaired) electrons. The Morgan fingerprint density at radius 1 is 0.897 bits per heavy atom. The molecular weight excluding hydrogens is 373 g/mol. The van der Waals surface area contributed by atoms with E-state index in [1.54, 1.807) is 12.1 Å².